The Balaban J connectivity index is 1.80. The van der Waals surface area contributed by atoms with Gasteiger partial charge in [0.25, 0.3) is 0 Å². The van der Waals surface area contributed by atoms with Gasteiger partial charge in [0.2, 0.25) is 0 Å². The average Bonchev–Trinajstić information content (AvgIpc) is 2.78. The topological polar surface area (TPSA) is 53.1 Å². The maximum absolute atomic E-state index is 6.40. The quantitative estimate of drug-likeness (QED) is 0.933. The number of ether oxygens (including phenoxy) is 1. The minimum Gasteiger partial charge on any atom is -0.493 e. The van der Waals surface area contributed by atoms with Crippen LogP contribution >= 0.6 is 0 Å². The fraction of sp³-hybridized carbons (Fsp3) is 0.438. The zero-order valence-corrected chi connectivity index (χ0v) is 12.0. The highest BCUT2D eigenvalue weighted by Crippen LogP contribution is 2.38. The van der Waals surface area contributed by atoms with Crippen molar-refractivity contribution in [2.24, 2.45) is 12.8 Å². The lowest BCUT2D eigenvalue weighted by molar-refractivity contribution is 0.258. The number of aromatic nitrogens is 2. The summed E-state index contributed by atoms with van der Waals surface area (Å²) in [6.07, 6.45) is 1.96. The summed E-state index contributed by atoms with van der Waals surface area (Å²) < 4.78 is 7.60. The summed E-state index contributed by atoms with van der Waals surface area (Å²) in [6, 6.07) is 10.4. The molecule has 0 spiro atoms. The molecule has 0 radical (unpaired) electrons. The molecular formula is C16H21N3O. The van der Waals surface area contributed by atoms with E-state index in [1.165, 1.54) is 5.56 Å². The van der Waals surface area contributed by atoms with E-state index in [-0.39, 0.29) is 6.04 Å². The van der Waals surface area contributed by atoms with Crippen molar-refractivity contribution in [2.45, 2.75) is 31.7 Å². The van der Waals surface area contributed by atoms with Crippen molar-refractivity contribution < 1.29 is 4.74 Å². The lowest BCUT2D eigenvalue weighted by Crippen LogP contribution is -2.21. The van der Waals surface area contributed by atoms with Gasteiger partial charge in [0.1, 0.15) is 5.75 Å². The maximum atomic E-state index is 6.40. The van der Waals surface area contributed by atoms with Crippen LogP contribution in [0.15, 0.2) is 30.3 Å². The zero-order chi connectivity index (χ0) is 14.1. The molecule has 106 valence electrons. The smallest absolute Gasteiger partial charge is 0.122 e. The first-order valence-electron chi connectivity index (χ1n) is 7.13. The normalized spacial score (nSPS) is 19.2. The second kappa shape index (κ2) is 5.29. The fourth-order valence-corrected chi connectivity index (χ4v) is 3.07. The molecule has 2 heterocycles. The Morgan fingerprint density at radius 3 is 3.00 bits per heavy atom. The second-order valence-corrected chi connectivity index (χ2v) is 5.55. The molecule has 0 saturated heterocycles. The fourth-order valence-electron chi connectivity index (χ4n) is 3.07. The van der Waals surface area contributed by atoms with Gasteiger partial charge >= 0.3 is 0 Å². The van der Waals surface area contributed by atoms with Gasteiger partial charge in [-0.3, -0.25) is 4.68 Å². The summed E-state index contributed by atoms with van der Waals surface area (Å²) in [7, 11) is 1.96. The Hall–Kier alpha value is -1.81. The maximum Gasteiger partial charge on any atom is 0.122 e. The molecule has 4 heteroatoms. The van der Waals surface area contributed by atoms with E-state index in [1.54, 1.807) is 0 Å². The van der Waals surface area contributed by atoms with E-state index in [4.69, 9.17) is 10.5 Å². The van der Waals surface area contributed by atoms with Crippen LogP contribution in [0.1, 0.15) is 41.8 Å². The van der Waals surface area contributed by atoms with E-state index < -0.39 is 0 Å². The number of benzene rings is 1. The third-order valence-corrected chi connectivity index (χ3v) is 4.04. The Labute approximate surface area is 119 Å². The Kier molecular flexibility index (Phi) is 3.49. The molecule has 1 aliphatic rings. The Bertz CT molecular complexity index is 606. The van der Waals surface area contributed by atoms with Crippen LogP contribution in [-0.2, 0) is 7.05 Å². The molecule has 20 heavy (non-hydrogen) atoms. The zero-order valence-electron chi connectivity index (χ0n) is 12.0. The predicted octanol–water partition coefficient (Wildman–Crippen LogP) is 2.68. The van der Waals surface area contributed by atoms with Gasteiger partial charge in [-0.2, -0.15) is 5.10 Å². The lowest BCUT2D eigenvalue weighted by Gasteiger charge is -2.27. The van der Waals surface area contributed by atoms with Crippen LogP contribution in [0.5, 0.6) is 5.75 Å². The van der Waals surface area contributed by atoms with Crippen LogP contribution in [0.3, 0.4) is 0 Å². The third kappa shape index (κ3) is 2.43. The molecule has 0 bridgehead atoms. The number of hydrogen-bond acceptors (Lipinski definition) is 3. The van der Waals surface area contributed by atoms with Gasteiger partial charge in [-0.25, -0.2) is 0 Å². The monoisotopic (exact) mass is 271 g/mol. The summed E-state index contributed by atoms with van der Waals surface area (Å²) in [5.74, 6) is 1.47. The highest BCUT2D eigenvalue weighted by Gasteiger charge is 2.24. The number of nitrogens with zero attached hydrogens (tertiary/aromatic N) is 2. The van der Waals surface area contributed by atoms with Crippen LogP contribution in [-0.4, -0.2) is 16.4 Å². The van der Waals surface area contributed by atoms with Crippen molar-refractivity contribution in [3.8, 4) is 5.75 Å². The van der Waals surface area contributed by atoms with Gasteiger partial charge < -0.3 is 10.5 Å². The largest absolute Gasteiger partial charge is 0.493 e. The number of rotatable bonds is 3. The molecular weight excluding hydrogens is 250 g/mol. The van der Waals surface area contributed by atoms with E-state index in [1.807, 2.05) is 30.8 Å². The van der Waals surface area contributed by atoms with E-state index in [0.29, 0.717) is 5.92 Å². The van der Waals surface area contributed by atoms with E-state index in [0.717, 1.165) is 36.6 Å². The van der Waals surface area contributed by atoms with E-state index in [9.17, 15) is 0 Å². The predicted molar refractivity (Wildman–Crippen MR) is 78.8 cm³/mol. The van der Waals surface area contributed by atoms with Crippen molar-refractivity contribution >= 4 is 0 Å². The summed E-state index contributed by atoms with van der Waals surface area (Å²) in [5.41, 5.74) is 9.80. The minimum absolute atomic E-state index is 0.0114. The van der Waals surface area contributed by atoms with Crippen LogP contribution in [0, 0.1) is 6.92 Å². The molecule has 1 aromatic carbocycles. The highest BCUT2D eigenvalue weighted by molar-refractivity contribution is 5.38. The van der Waals surface area contributed by atoms with Gasteiger partial charge in [-0.05, 0) is 43.4 Å². The first-order valence-corrected chi connectivity index (χ1v) is 7.13. The highest BCUT2D eigenvalue weighted by atomic mass is 16.5. The average molecular weight is 271 g/mol. The summed E-state index contributed by atoms with van der Waals surface area (Å²) in [6.45, 7) is 2.78. The van der Waals surface area contributed by atoms with Crippen LogP contribution in [0.2, 0.25) is 0 Å². The van der Waals surface area contributed by atoms with Crippen molar-refractivity contribution in [1.82, 2.24) is 9.78 Å². The molecule has 1 aromatic heterocycles. The first kappa shape index (κ1) is 13.2. The number of fused-ring (bicyclic) bond motifs is 1. The molecule has 2 atom stereocenters. The van der Waals surface area contributed by atoms with Gasteiger partial charge in [-0.1, -0.05) is 18.2 Å². The molecule has 2 N–H and O–H groups in total. The lowest BCUT2D eigenvalue weighted by atomic mass is 9.87. The van der Waals surface area contributed by atoms with E-state index in [2.05, 4.69) is 23.3 Å². The van der Waals surface area contributed by atoms with Crippen molar-refractivity contribution in [2.75, 3.05) is 6.61 Å². The molecule has 2 aromatic rings. The van der Waals surface area contributed by atoms with Gasteiger partial charge in [0.15, 0.2) is 0 Å². The van der Waals surface area contributed by atoms with Crippen LogP contribution in [0.25, 0.3) is 0 Å². The van der Waals surface area contributed by atoms with Gasteiger partial charge in [-0.15, -0.1) is 0 Å². The van der Waals surface area contributed by atoms with Crippen molar-refractivity contribution in [3.63, 3.8) is 0 Å². The second-order valence-electron chi connectivity index (χ2n) is 5.55. The Morgan fingerprint density at radius 1 is 1.45 bits per heavy atom. The molecule has 1 aliphatic heterocycles. The molecule has 0 amide bonds. The summed E-state index contributed by atoms with van der Waals surface area (Å²) in [5, 5.41) is 4.38. The molecule has 0 aliphatic carbocycles. The molecule has 0 fully saturated rings. The standard InChI is InChI=1S/C16H21N3O/c1-11-9-15(19(2)18-11)14(17)10-12-7-8-20-16-6-4-3-5-13(12)16/h3-6,9,12,14H,7-8,10,17H2,1-2H3. The van der Waals surface area contributed by atoms with E-state index >= 15 is 0 Å². The van der Waals surface area contributed by atoms with Gasteiger partial charge in [0, 0.05) is 13.1 Å². The molecule has 0 saturated carbocycles. The number of nitrogens with two attached hydrogens (primary N) is 1. The minimum atomic E-state index is 0.0114. The summed E-state index contributed by atoms with van der Waals surface area (Å²) in [4.78, 5) is 0. The summed E-state index contributed by atoms with van der Waals surface area (Å²) >= 11 is 0. The number of hydrogen-bond donors (Lipinski definition) is 1. The van der Waals surface area contributed by atoms with Crippen LogP contribution < -0.4 is 10.5 Å². The molecule has 3 rings (SSSR count). The molecule has 2 unspecified atom stereocenters. The van der Waals surface area contributed by atoms with Gasteiger partial charge in [0.05, 0.1) is 18.0 Å². The number of aryl methyl sites for hydroxylation is 2. The third-order valence-electron chi connectivity index (χ3n) is 4.04. The van der Waals surface area contributed by atoms with Crippen LogP contribution in [0.4, 0.5) is 0 Å². The number of para-hydroxylation sites is 1. The Morgan fingerprint density at radius 2 is 2.25 bits per heavy atom. The molecule has 4 nitrogen and oxygen atoms in total. The first-order chi connectivity index (χ1) is 9.65. The van der Waals surface area contributed by atoms with Crippen molar-refractivity contribution in [1.29, 1.82) is 0 Å². The SMILES string of the molecule is Cc1cc(C(N)CC2CCOc3ccccc32)n(C)n1. The van der Waals surface area contributed by atoms with Crippen molar-refractivity contribution in [3.05, 3.63) is 47.3 Å².